The average molecular weight is 464 g/mol. The highest BCUT2D eigenvalue weighted by Gasteiger charge is 2.37. The molecule has 1 aliphatic rings. The van der Waals surface area contributed by atoms with Crippen LogP contribution in [-0.2, 0) is 4.79 Å². The average Bonchev–Trinajstić information content (AvgIpc) is 3.43. The van der Waals surface area contributed by atoms with Crippen molar-refractivity contribution in [2.24, 2.45) is 10.9 Å². The molecule has 0 radical (unpaired) electrons. The molecule has 4 aromatic rings. The summed E-state index contributed by atoms with van der Waals surface area (Å²) in [7, 11) is 0. The van der Waals surface area contributed by atoms with Crippen molar-refractivity contribution in [3.05, 3.63) is 70.7 Å². The van der Waals surface area contributed by atoms with Crippen molar-refractivity contribution in [1.29, 1.82) is 0 Å². The predicted octanol–water partition coefficient (Wildman–Crippen LogP) is 5.42. The molecule has 3 heterocycles. The predicted molar refractivity (Wildman–Crippen MR) is 127 cm³/mol. The van der Waals surface area contributed by atoms with Crippen LogP contribution >= 0.6 is 22.9 Å². The van der Waals surface area contributed by atoms with Crippen molar-refractivity contribution >= 4 is 57.2 Å². The first-order valence-electron chi connectivity index (χ1n) is 9.93. The quantitative estimate of drug-likeness (QED) is 0.376. The molecule has 9 heteroatoms. The number of amides is 3. The molecule has 7 nitrogen and oxygen atoms in total. The molecular formula is C23H18ClN5O2S. The zero-order valence-electron chi connectivity index (χ0n) is 16.9. The van der Waals surface area contributed by atoms with Crippen LogP contribution in [0.15, 0.2) is 65.8 Å². The van der Waals surface area contributed by atoms with Gasteiger partial charge >= 0.3 is 6.03 Å². The Balaban J connectivity index is 1.44. The van der Waals surface area contributed by atoms with Crippen LogP contribution in [0.5, 0.6) is 0 Å². The van der Waals surface area contributed by atoms with E-state index in [1.807, 2.05) is 54.6 Å². The number of halogens is 1. The summed E-state index contributed by atoms with van der Waals surface area (Å²) in [5.41, 5.74) is 3.03. The fraction of sp³-hybridized carbons (Fsp3) is 0.130. The highest BCUT2D eigenvalue weighted by Crippen LogP contribution is 2.37. The van der Waals surface area contributed by atoms with Gasteiger partial charge < -0.3 is 10.6 Å². The lowest BCUT2D eigenvalue weighted by atomic mass is 9.91. The third kappa shape index (κ3) is 3.90. The Kier molecular flexibility index (Phi) is 5.24. The zero-order valence-corrected chi connectivity index (χ0v) is 18.5. The third-order valence-electron chi connectivity index (χ3n) is 5.39. The number of thiophene rings is 1. The van der Waals surface area contributed by atoms with Gasteiger partial charge in [-0.3, -0.25) is 9.89 Å². The van der Waals surface area contributed by atoms with Gasteiger partial charge in [0.1, 0.15) is 5.92 Å². The molecule has 2 atom stereocenters. The van der Waals surface area contributed by atoms with Gasteiger partial charge in [0.25, 0.3) is 0 Å². The van der Waals surface area contributed by atoms with E-state index in [1.165, 1.54) is 11.3 Å². The van der Waals surface area contributed by atoms with Gasteiger partial charge in [-0.15, -0.1) is 11.3 Å². The Morgan fingerprint density at radius 3 is 2.75 bits per heavy atom. The van der Waals surface area contributed by atoms with Crippen LogP contribution in [0, 0.1) is 5.92 Å². The Labute approximate surface area is 192 Å². The maximum absolute atomic E-state index is 13.3. The van der Waals surface area contributed by atoms with Crippen molar-refractivity contribution in [3.63, 3.8) is 0 Å². The van der Waals surface area contributed by atoms with E-state index in [-0.39, 0.29) is 5.91 Å². The zero-order chi connectivity index (χ0) is 22.2. The molecule has 2 aromatic heterocycles. The van der Waals surface area contributed by atoms with Crippen LogP contribution in [0.1, 0.15) is 17.8 Å². The number of aliphatic imine (C=N–C) groups is 1. The number of nitrogens with one attached hydrogen (secondary N) is 3. The lowest BCUT2D eigenvalue weighted by Gasteiger charge is -2.29. The minimum atomic E-state index is -0.635. The lowest BCUT2D eigenvalue weighted by molar-refractivity contribution is -0.118. The Morgan fingerprint density at radius 2 is 1.94 bits per heavy atom. The van der Waals surface area contributed by atoms with E-state index in [0.717, 1.165) is 26.2 Å². The molecule has 0 bridgehead atoms. The number of aromatic nitrogens is 2. The number of benzene rings is 2. The first-order valence-corrected chi connectivity index (χ1v) is 11.1. The van der Waals surface area contributed by atoms with E-state index in [2.05, 4.69) is 25.8 Å². The molecule has 0 spiro atoms. The number of carbonyl (C=O) groups excluding carboxylic acids is 2. The second-order valence-electron chi connectivity index (χ2n) is 7.53. The van der Waals surface area contributed by atoms with Crippen LogP contribution in [0.25, 0.3) is 21.3 Å². The summed E-state index contributed by atoms with van der Waals surface area (Å²) in [4.78, 5) is 31.3. The summed E-state index contributed by atoms with van der Waals surface area (Å²) in [5.74, 6) is -0.870. The van der Waals surface area contributed by atoms with E-state index in [4.69, 9.17) is 11.6 Å². The van der Waals surface area contributed by atoms with E-state index in [9.17, 15) is 9.59 Å². The lowest BCUT2D eigenvalue weighted by Crippen LogP contribution is -2.45. The van der Waals surface area contributed by atoms with Crippen LogP contribution in [0.3, 0.4) is 0 Å². The number of hydrogen-bond acceptors (Lipinski definition) is 4. The minimum Gasteiger partial charge on any atom is -0.327 e. The van der Waals surface area contributed by atoms with Gasteiger partial charge in [0.15, 0.2) is 0 Å². The number of fused-ring (bicyclic) bond motifs is 1. The normalized spacial score (nSPS) is 18.3. The van der Waals surface area contributed by atoms with Crippen molar-refractivity contribution in [2.75, 3.05) is 5.32 Å². The third-order valence-corrected chi connectivity index (χ3v) is 6.86. The number of rotatable bonds is 4. The van der Waals surface area contributed by atoms with Gasteiger partial charge in [-0.05, 0) is 55.0 Å². The van der Waals surface area contributed by atoms with Crippen molar-refractivity contribution in [3.8, 4) is 10.4 Å². The summed E-state index contributed by atoms with van der Waals surface area (Å²) in [6, 6.07) is 16.0. The fourth-order valence-electron chi connectivity index (χ4n) is 3.83. The molecule has 2 unspecified atom stereocenters. The van der Waals surface area contributed by atoms with Crippen LogP contribution < -0.4 is 10.6 Å². The van der Waals surface area contributed by atoms with Gasteiger partial charge in [0.05, 0.1) is 17.8 Å². The number of H-pyrrole nitrogens is 1. The van der Waals surface area contributed by atoms with E-state index >= 15 is 0 Å². The van der Waals surface area contributed by atoms with E-state index in [0.29, 0.717) is 16.4 Å². The highest BCUT2D eigenvalue weighted by molar-refractivity contribution is 7.15. The van der Waals surface area contributed by atoms with Gasteiger partial charge in [-0.2, -0.15) is 5.10 Å². The first-order chi connectivity index (χ1) is 15.5. The molecule has 3 amide bonds. The molecule has 160 valence electrons. The smallest absolute Gasteiger partial charge is 0.327 e. The van der Waals surface area contributed by atoms with Crippen LogP contribution in [0.2, 0.25) is 5.02 Å². The molecule has 0 aliphatic carbocycles. The van der Waals surface area contributed by atoms with Crippen molar-refractivity contribution in [1.82, 2.24) is 15.5 Å². The second kappa shape index (κ2) is 8.22. The molecule has 0 saturated carbocycles. The number of hydrogen-bond donors (Lipinski definition) is 3. The second-order valence-corrected chi connectivity index (χ2v) is 9.08. The topological polar surface area (TPSA) is 99.2 Å². The monoisotopic (exact) mass is 463 g/mol. The van der Waals surface area contributed by atoms with Crippen molar-refractivity contribution < 1.29 is 9.59 Å². The molecule has 1 aliphatic heterocycles. The number of carbonyl (C=O) groups is 2. The molecule has 2 aromatic carbocycles. The molecule has 5 rings (SSSR count). The van der Waals surface area contributed by atoms with Gasteiger partial charge in [-0.1, -0.05) is 23.7 Å². The van der Waals surface area contributed by atoms with Gasteiger partial charge in [0, 0.05) is 31.6 Å². The first kappa shape index (κ1) is 20.4. The molecule has 3 N–H and O–H groups in total. The minimum absolute atomic E-state index is 0.236. The number of nitrogens with zero attached hydrogens (tertiary/aromatic N) is 2. The number of aromatic amines is 1. The van der Waals surface area contributed by atoms with Crippen LogP contribution in [0.4, 0.5) is 10.5 Å². The summed E-state index contributed by atoms with van der Waals surface area (Å²) in [6.07, 6.45) is 1.70. The highest BCUT2D eigenvalue weighted by atomic mass is 35.5. The Bertz CT molecular complexity index is 1360. The molecule has 32 heavy (non-hydrogen) atoms. The fourth-order valence-corrected chi connectivity index (χ4v) is 5.05. The molecule has 0 fully saturated rings. The summed E-state index contributed by atoms with van der Waals surface area (Å²) in [5, 5.41) is 14.3. The van der Waals surface area contributed by atoms with Gasteiger partial charge in [-0.25, -0.2) is 9.79 Å². The maximum Gasteiger partial charge on any atom is 0.341 e. The molecule has 0 saturated heterocycles. The van der Waals surface area contributed by atoms with Crippen LogP contribution in [-0.4, -0.2) is 27.8 Å². The Morgan fingerprint density at radius 1 is 1.12 bits per heavy atom. The SMILES string of the molecule is CC1=NC(=O)NC(c2ccc(-c3ccc(Cl)cc3)s2)C1C(=O)Nc1ccc2[nH]ncc2c1. The molecular weight excluding hydrogens is 446 g/mol. The van der Waals surface area contributed by atoms with E-state index in [1.54, 1.807) is 13.1 Å². The number of anilines is 1. The standard InChI is InChI=1S/C23H18ClN5O2S/c1-12-20(22(30)27-16-6-7-17-14(10-16)11-25-29-17)21(28-23(31)26-12)19-9-8-18(32-19)13-2-4-15(24)5-3-13/h2-11,20-21H,1H3,(H,25,29)(H,27,30)(H,28,31). The van der Waals surface area contributed by atoms with E-state index < -0.39 is 18.0 Å². The summed E-state index contributed by atoms with van der Waals surface area (Å²) in [6.45, 7) is 1.71. The van der Waals surface area contributed by atoms with Crippen molar-refractivity contribution in [2.45, 2.75) is 13.0 Å². The number of urea groups is 1. The van der Waals surface area contributed by atoms with Gasteiger partial charge in [0.2, 0.25) is 5.91 Å². The largest absolute Gasteiger partial charge is 0.341 e. The Hall–Kier alpha value is -3.49. The summed E-state index contributed by atoms with van der Waals surface area (Å²) < 4.78 is 0. The summed E-state index contributed by atoms with van der Waals surface area (Å²) >= 11 is 7.53. The maximum atomic E-state index is 13.3.